The van der Waals surface area contributed by atoms with Gasteiger partial charge >= 0.3 is 0 Å². The first-order chi connectivity index (χ1) is 16.6. The van der Waals surface area contributed by atoms with Gasteiger partial charge in [-0.1, -0.05) is 26.0 Å². The van der Waals surface area contributed by atoms with Gasteiger partial charge in [0.25, 0.3) is 0 Å². The Labute approximate surface area is 203 Å². The maximum absolute atomic E-state index is 13.4. The summed E-state index contributed by atoms with van der Waals surface area (Å²) in [7, 11) is 0. The Morgan fingerprint density at radius 3 is 2.88 bits per heavy atom. The van der Waals surface area contributed by atoms with Gasteiger partial charge in [-0.2, -0.15) is 0 Å². The van der Waals surface area contributed by atoms with Crippen molar-refractivity contribution in [1.82, 2.24) is 29.4 Å². The lowest BCUT2D eigenvalue weighted by atomic mass is 9.94. The third-order valence-electron chi connectivity index (χ3n) is 6.14. The van der Waals surface area contributed by atoms with Crippen molar-refractivity contribution in [2.24, 2.45) is 5.92 Å². The van der Waals surface area contributed by atoms with Crippen LogP contribution in [0.5, 0.6) is 0 Å². The smallest absolute Gasteiger partial charge is 0.242 e. The number of nitrogens with one attached hydrogen (secondary N) is 1. The topological polar surface area (TPSA) is 88.8 Å². The van der Waals surface area contributed by atoms with Crippen LogP contribution in [0.4, 0.5) is 11.1 Å². The third kappa shape index (κ3) is 4.94. The Kier molecular flexibility index (Phi) is 6.53. The van der Waals surface area contributed by atoms with Crippen molar-refractivity contribution >= 4 is 39.4 Å². The zero-order chi connectivity index (χ0) is 23.5. The summed E-state index contributed by atoms with van der Waals surface area (Å²) < 4.78 is 2.10. The lowest BCUT2D eigenvalue weighted by molar-refractivity contribution is -0.133. The number of benzene rings is 1. The van der Waals surface area contributed by atoms with Crippen LogP contribution in [0.3, 0.4) is 0 Å². The van der Waals surface area contributed by atoms with Gasteiger partial charge in [0.2, 0.25) is 11.9 Å². The number of imidazole rings is 1. The third-order valence-corrected chi connectivity index (χ3v) is 6.83. The number of amides is 1. The predicted molar refractivity (Wildman–Crippen MR) is 134 cm³/mol. The highest BCUT2D eigenvalue weighted by atomic mass is 32.1. The summed E-state index contributed by atoms with van der Waals surface area (Å²) in [5, 5.41) is 5.84. The fraction of sp³-hybridized carbons (Fsp3) is 0.400. The van der Waals surface area contributed by atoms with Crippen molar-refractivity contribution in [1.29, 1.82) is 0 Å². The summed E-state index contributed by atoms with van der Waals surface area (Å²) in [6.07, 6.45) is 6.33. The van der Waals surface area contributed by atoms with E-state index in [-0.39, 0.29) is 11.8 Å². The molecule has 8 nitrogen and oxygen atoms in total. The molecule has 1 amide bonds. The summed E-state index contributed by atoms with van der Waals surface area (Å²) in [5.41, 5.74) is 2.93. The second kappa shape index (κ2) is 9.89. The molecule has 9 heteroatoms. The van der Waals surface area contributed by atoms with Crippen molar-refractivity contribution in [2.45, 2.75) is 45.6 Å². The molecule has 1 saturated heterocycles. The van der Waals surface area contributed by atoms with Crippen LogP contribution in [0.25, 0.3) is 11.0 Å². The van der Waals surface area contributed by atoms with Gasteiger partial charge in [0.05, 0.1) is 16.7 Å². The van der Waals surface area contributed by atoms with Gasteiger partial charge in [0, 0.05) is 43.2 Å². The molecular formula is C25H29N7OS. The van der Waals surface area contributed by atoms with Crippen LogP contribution >= 0.6 is 11.3 Å². The lowest BCUT2D eigenvalue weighted by Gasteiger charge is -2.33. The Morgan fingerprint density at radius 1 is 1.18 bits per heavy atom. The predicted octanol–water partition coefficient (Wildman–Crippen LogP) is 4.63. The van der Waals surface area contributed by atoms with E-state index in [1.807, 2.05) is 34.5 Å². The minimum Gasteiger partial charge on any atom is -0.340 e. The van der Waals surface area contributed by atoms with Crippen molar-refractivity contribution < 1.29 is 4.79 Å². The molecule has 1 N–H and O–H groups in total. The first-order valence-corrected chi connectivity index (χ1v) is 12.7. The van der Waals surface area contributed by atoms with Gasteiger partial charge in [-0.15, -0.1) is 11.3 Å². The molecule has 0 saturated carbocycles. The van der Waals surface area contributed by atoms with E-state index < -0.39 is 0 Å². The molecule has 1 atom stereocenters. The molecular weight excluding hydrogens is 446 g/mol. The average molecular weight is 476 g/mol. The number of hydrogen-bond acceptors (Lipinski definition) is 7. The van der Waals surface area contributed by atoms with Crippen LogP contribution in [0.2, 0.25) is 0 Å². The molecule has 4 aromatic rings. The minimum atomic E-state index is 0.132. The van der Waals surface area contributed by atoms with E-state index in [1.165, 1.54) is 11.3 Å². The summed E-state index contributed by atoms with van der Waals surface area (Å²) in [6, 6.07) is 10.0. The number of anilines is 2. The molecule has 1 aromatic carbocycles. The van der Waals surface area contributed by atoms with Crippen LogP contribution in [0.1, 0.15) is 44.1 Å². The number of thiazole rings is 1. The Hall–Kier alpha value is -3.33. The van der Waals surface area contributed by atoms with Crippen molar-refractivity contribution in [2.75, 3.05) is 18.4 Å². The van der Waals surface area contributed by atoms with E-state index in [0.717, 1.165) is 53.5 Å². The van der Waals surface area contributed by atoms with Crippen molar-refractivity contribution in [3.8, 4) is 0 Å². The molecule has 0 spiro atoms. The first-order valence-electron chi connectivity index (χ1n) is 11.8. The highest BCUT2D eigenvalue weighted by Crippen LogP contribution is 2.27. The van der Waals surface area contributed by atoms with Gasteiger partial charge in [-0.05, 0) is 37.0 Å². The van der Waals surface area contributed by atoms with E-state index in [1.54, 1.807) is 12.4 Å². The summed E-state index contributed by atoms with van der Waals surface area (Å²) in [4.78, 5) is 33.5. The highest BCUT2D eigenvalue weighted by Gasteiger charge is 2.27. The number of para-hydroxylation sites is 2. The number of nitrogens with zero attached hydrogens (tertiary/aromatic N) is 6. The second-order valence-corrected chi connectivity index (χ2v) is 10.0. The van der Waals surface area contributed by atoms with Gasteiger partial charge in [0.15, 0.2) is 5.13 Å². The molecule has 1 aliphatic rings. The lowest BCUT2D eigenvalue weighted by Crippen LogP contribution is -2.41. The fourth-order valence-corrected chi connectivity index (χ4v) is 5.07. The number of carbonyl (C=O) groups excluding carboxylic acids is 1. The molecule has 0 radical (unpaired) electrons. The average Bonchev–Trinajstić information content (AvgIpc) is 3.47. The molecule has 3 aromatic heterocycles. The molecule has 5 rings (SSSR count). The number of carbonyl (C=O) groups is 1. The van der Waals surface area contributed by atoms with Gasteiger partial charge in [0.1, 0.15) is 12.4 Å². The minimum absolute atomic E-state index is 0.132. The summed E-state index contributed by atoms with van der Waals surface area (Å²) in [5.74, 6) is 2.31. The van der Waals surface area contributed by atoms with Gasteiger partial charge < -0.3 is 14.8 Å². The van der Waals surface area contributed by atoms with E-state index in [4.69, 9.17) is 9.97 Å². The molecule has 1 fully saturated rings. The van der Waals surface area contributed by atoms with Crippen LogP contribution in [-0.2, 0) is 17.8 Å². The summed E-state index contributed by atoms with van der Waals surface area (Å²) in [6.45, 7) is 6.12. The largest absolute Gasteiger partial charge is 0.340 e. The van der Waals surface area contributed by atoms with E-state index in [0.29, 0.717) is 25.0 Å². The zero-order valence-corrected chi connectivity index (χ0v) is 20.3. The SMILES string of the molecule is CC(C)Cc1nc2ccccc2n1CC(=O)N1CCCC(c2ccnc(Nc3nccs3)n2)C1. The Balaban J connectivity index is 1.32. The molecule has 4 heterocycles. The van der Waals surface area contributed by atoms with Crippen LogP contribution < -0.4 is 5.32 Å². The number of likely N-dealkylation sites (tertiary alicyclic amines) is 1. The van der Waals surface area contributed by atoms with Crippen LogP contribution in [0.15, 0.2) is 48.1 Å². The Bertz CT molecular complexity index is 1270. The number of fused-ring (bicyclic) bond motifs is 1. The van der Waals surface area contributed by atoms with Gasteiger partial charge in [-0.3, -0.25) is 4.79 Å². The monoisotopic (exact) mass is 475 g/mol. The van der Waals surface area contributed by atoms with Crippen LogP contribution in [-0.4, -0.2) is 48.4 Å². The zero-order valence-electron chi connectivity index (χ0n) is 19.5. The number of piperidine rings is 1. The number of hydrogen-bond donors (Lipinski definition) is 1. The fourth-order valence-electron chi connectivity index (χ4n) is 4.54. The van der Waals surface area contributed by atoms with Crippen molar-refractivity contribution in [3.05, 3.63) is 59.6 Å². The number of rotatable bonds is 7. The Morgan fingerprint density at radius 2 is 2.06 bits per heavy atom. The maximum Gasteiger partial charge on any atom is 0.242 e. The van der Waals surface area contributed by atoms with E-state index in [2.05, 4.69) is 39.8 Å². The van der Waals surface area contributed by atoms with E-state index in [9.17, 15) is 4.79 Å². The molecule has 176 valence electrons. The molecule has 1 aliphatic heterocycles. The number of aromatic nitrogens is 5. The normalized spacial score (nSPS) is 16.3. The molecule has 0 bridgehead atoms. The van der Waals surface area contributed by atoms with Crippen LogP contribution in [0, 0.1) is 5.92 Å². The molecule has 34 heavy (non-hydrogen) atoms. The highest BCUT2D eigenvalue weighted by molar-refractivity contribution is 7.13. The second-order valence-electron chi connectivity index (χ2n) is 9.15. The standard InChI is InChI=1S/C25H29N7OS/c1-17(2)14-22-28-20-7-3-4-8-21(20)32(22)16-23(33)31-12-5-6-18(15-31)19-9-10-26-24(29-19)30-25-27-11-13-34-25/h3-4,7-11,13,17-18H,5-6,12,14-16H2,1-2H3,(H,26,27,29,30). The summed E-state index contributed by atoms with van der Waals surface area (Å²) >= 11 is 1.51. The molecule has 1 unspecified atom stereocenters. The molecule has 0 aliphatic carbocycles. The van der Waals surface area contributed by atoms with Gasteiger partial charge in [-0.25, -0.2) is 19.9 Å². The van der Waals surface area contributed by atoms with Crippen molar-refractivity contribution in [3.63, 3.8) is 0 Å². The first kappa shape index (κ1) is 22.5. The maximum atomic E-state index is 13.4. The quantitative estimate of drug-likeness (QED) is 0.419. The van der Waals surface area contributed by atoms with E-state index >= 15 is 0 Å².